The molecular formula is C20H21OPS. The van der Waals surface area contributed by atoms with E-state index in [0.717, 1.165) is 10.2 Å². The van der Waals surface area contributed by atoms with Gasteiger partial charge in [0.05, 0.1) is 0 Å². The van der Waals surface area contributed by atoms with E-state index in [4.69, 9.17) is 0 Å². The molecule has 0 saturated carbocycles. The van der Waals surface area contributed by atoms with Gasteiger partial charge >= 0.3 is 0 Å². The third-order valence-corrected chi connectivity index (χ3v) is 11.1. The smallest absolute Gasteiger partial charge is 0.176 e. The Bertz CT molecular complexity index is 865. The predicted molar refractivity (Wildman–Crippen MR) is 103 cm³/mol. The molecule has 0 N–H and O–H groups in total. The Morgan fingerprint density at radius 3 is 2.04 bits per heavy atom. The monoisotopic (exact) mass is 340 g/mol. The fraction of sp³-hybridized carbons (Fsp3) is 0.200. The van der Waals surface area contributed by atoms with E-state index < -0.39 is 6.34 Å². The first-order chi connectivity index (χ1) is 10.9. The van der Waals surface area contributed by atoms with Crippen LogP contribution in [-0.4, -0.2) is 5.16 Å². The summed E-state index contributed by atoms with van der Waals surface area (Å²) in [4.78, 5) is 1.06. The SMILES string of the molecule is CC(C)(C)P(=O)(Sc1ccc2ccccc2c1)c1ccccc1. The van der Waals surface area contributed by atoms with Crippen molar-refractivity contribution in [3.63, 3.8) is 0 Å². The zero-order chi connectivity index (χ0) is 16.5. The van der Waals surface area contributed by atoms with E-state index >= 15 is 0 Å². The van der Waals surface area contributed by atoms with Crippen LogP contribution < -0.4 is 5.30 Å². The topological polar surface area (TPSA) is 17.1 Å². The quantitative estimate of drug-likeness (QED) is 0.518. The predicted octanol–water partition coefficient (Wildman–Crippen LogP) is 6.33. The van der Waals surface area contributed by atoms with Gasteiger partial charge < -0.3 is 4.57 Å². The van der Waals surface area contributed by atoms with E-state index in [-0.39, 0.29) is 5.16 Å². The van der Waals surface area contributed by atoms with Crippen molar-refractivity contribution in [2.45, 2.75) is 30.8 Å². The van der Waals surface area contributed by atoms with Crippen LogP contribution in [0.1, 0.15) is 20.8 Å². The molecule has 0 aromatic heterocycles. The van der Waals surface area contributed by atoms with Crippen molar-refractivity contribution in [3.8, 4) is 0 Å². The van der Waals surface area contributed by atoms with Crippen LogP contribution in [0, 0.1) is 0 Å². The third kappa shape index (κ3) is 3.24. The Morgan fingerprint density at radius 2 is 1.39 bits per heavy atom. The first kappa shape index (κ1) is 16.4. The molecule has 118 valence electrons. The van der Waals surface area contributed by atoms with Crippen LogP contribution in [0.25, 0.3) is 10.8 Å². The van der Waals surface area contributed by atoms with Gasteiger partial charge in [-0.2, -0.15) is 0 Å². The van der Waals surface area contributed by atoms with E-state index in [1.165, 1.54) is 22.2 Å². The van der Waals surface area contributed by atoms with E-state index in [1.54, 1.807) is 0 Å². The van der Waals surface area contributed by atoms with Crippen LogP contribution >= 0.6 is 17.7 Å². The number of hydrogen-bond acceptors (Lipinski definition) is 2. The Hall–Kier alpha value is -1.50. The lowest BCUT2D eigenvalue weighted by Gasteiger charge is -2.31. The number of benzene rings is 3. The van der Waals surface area contributed by atoms with Crippen molar-refractivity contribution in [2.24, 2.45) is 0 Å². The largest absolute Gasteiger partial charge is 0.306 e. The Balaban J connectivity index is 2.06. The lowest BCUT2D eigenvalue weighted by molar-refractivity contribution is 0.568. The van der Waals surface area contributed by atoms with Crippen LogP contribution in [-0.2, 0) is 4.57 Å². The van der Waals surface area contributed by atoms with Gasteiger partial charge in [-0.15, -0.1) is 0 Å². The van der Waals surface area contributed by atoms with Gasteiger partial charge in [-0.05, 0) is 22.9 Å². The van der Waals surface area contributed by atoms with Gasteiger partial charge in [0.15, 0.2) is 6.34 Å². The van der Waals surface area contributed by atoms with Crippen LogP contribution in [0.3, 0.4) is 0 Å². The second-order valence-electron chi connectivity index (χ2n) is 6.66. The van der Waals surface area contributed by atoms with Gasteiger partial charge in [-0.3, -0.25) is 0 Å². The maximum absolute atomic E-state index is 13.9. The molecule has 1 unspecified atom stereocenters. The molecule has 0 aliphatic rings. The van der Waals surface area contributed by atoms with Crippen molar-refractivity contribution in [1.82, 2.24) is 0 Å². The lowest BCUT2D eigenvalue weighted by Crippen LogP contribution is -2.20. The first-order valence-electron chi connectivity index (χ1n) is 7.74. The normalized spacial score (nSPS) is 14.6. The highest BCUT2D eigenvalue weighted by molar-refractivity contribution is 8.60. The fourth-order valence-electron chi connectivity index (χ4n) is 2.57. The van der Waals surface area contributed by atoms with Gasteiger partial charge in [0.1, 0.15) is 0 Å². The van der Waals surface area contributed by atoms with Crippen LogP contribution in [0.5, 0.6) is 0 Å². The second kappa shape index (κ2) is 6.19. The third-order valence-electron chi connectivity index (χ3n) is 3.93. The average molecular weight is 340 g/mol. The minimum Gasteiger partial charge on any atom is -0.306 e. The molecule has 3 aromatic rings. The standard InChI is InChI=1S/C20H21OPS/c1-20(2,3)22(21,18-11-5-4-6-12-18)23-19-14-13-16-9-7-8-10-17(16)15-19/h4-15H,1-3H3. The van der Waals surface area contributed by atoms with E-state index in [0.29, 0.717) is 0 Å². The zero-order valence-corrected chi connectivity index (χ0v) is 15.4. The Labute approximate surface area is 142 Å². The summed E-state index contributed by atoms with van der Waals surface area (Å²) in [6.45, 7) is 6.19. The van der Waals surface area contributed by atoms with Crippen LogP contribution in [0.2, 0.25) is 0 Å². The number of fused-ring (bicyclic) bond motifs is 1. The molecule has 3 rings (SSSR count). The summed E-state index contributed by atoms with van der Waals surface area (Å²) in [7, 11) is 0. The van der Waals surface area contributed by atoms with Crippen LogP contribution in [0.4, 0.5) is 0 Å². The minimum absolute atomic E-state index is 0.301. The van der Waals surface area contributed by atoms with E-state index in [9.17, 15) is 4.57 Å². The molecule has 0 heterocycles. The van der Waals surface area contributed by atoms with Gasteiger partial charge in [0, 0.05) is 15.4 Å². The van der Waals surface area contributed by atoms with Crippen molar-refractivity contribution < 1.29 is 4.57 Å². The van der Waals surface area contributed by atoms with Gasteiger partial charge in [-0.25, -0.2) is 0 Å². The molecule has 1 atom stereocenters. The summed E-state index contributed by atoms with van der Waals surface area (Å²) in [6, 6.07) is 24.5. The second-order valence-corrected chi connectivity index (χ2v) is 12.4. The zero-order valence-electron chi connectivity index (χ0n) is 13.7. The summed E-state index contributed by atoms with van der Waals surface area (Å²) in [5.74, 6) is 0. The molecule has 0 spiro atoms. The Kier molecular flexibility index (Phi) is 4.40. The molecule has 0 saturated heterocycles. The molecule has 0 aliphatic carbocycles. The van der Waals surface area contributed by atoms with Crippen LogP contribution in [0.15, 0.2) is 77.7 Å². The first-order valence-corrected chi connectivity index (χ1v) is 10.9. The molecule has 0 radical (unpaired) electrons. The summed E-state index contributed by atoms with van der Waals surface area (Å²) in [5, 5.41) is 3.03. The number of hydrogen-bond donors (Lipinski definition) is 0. The van der Waals surface area contributed by atoms with Gasteiger partial charge in [0.25, 0.3) is 0 Å². The summed E-state index contributed by atoms with van der Waals surface area (Å²) in [6.07, 6.45) is -2.64. The summed E-state index contributed by atoms with van der Waals surface area (Å²) >= 11 is 1.52. The van der Waals surface area contributed by atoms with Gasteiger partial charge in [0.2, 0.25) is 0 Å². The molecule has 1 nitrogen and oxygen atoms in total. The summed E-state index contributed by atoms with van der Waals surface area (Å²) < 4.78 is 13.9. The summed E-state index contributed by atoms with van der Waals surface area (Å²) in [5.41, 5.74) is 0. The minimum atomic E-state index is -2.64. The highest BCUT2D eigenvalue weighted by atomic mass is 32.7. The molecular weight excluding hydrogens is 319 g/mol. The maximum Gasteiger partial charge on any atom is 0.176 e. The van der Waals surface area contributed by atoms with E-state index in [2.05, 4.69) is 51.1 Å². The Morgan fingerprint density at radius 1 is 0.783 bits per heavy atom. The van der Waals surface area contributed by atoms with Crippen molar-refractivity contribution >= 4 is 33.8 Å². The highest BCUT2D eigenvalue weighted by Crippen LogP contribution is 2.69. The molecule has 3 heteroatoms. The molecule has 3 aromatic carbocycles. The van der Waals surface area contributed by atoms with Gasteiger partial charge in [-0.1, -0.05) is 92.8 Å². The van der Waals surface area contributed by atoms with Crippen molar-refractivity contribution in [2.75, 3.05) is 0 Å². The van der Waals surface area contributed by atoms with Crippen molar-refractivity contribution in [3.05, 3.63) is 72.8 Å². The highest BCUT2D eigenvalue weighted by Gasteiger charge is 2.39. The molecule has 0 bridgehead atoms. The molecule has 0 amide bonds. The van der Waals surface area contributed by atoms with E-state index in [1.807, 2.05) is 42.5 Å². The molecule has 0 aliphatic heterocycles. The lowest BCUT2D eigenvalue weighted by atomic mass is 10.1. The van der Waals surface area contributed by atoms with Crippen molar-refractivity contribution in [1.29, 1.82) is 0 Å². The molecule has 23 heavy (non-hydrogen) atoms. The fourth-order valence-corrected chi connectivity index (χ4v) is 7.63. The number of rotatable bonds is 3. The average Bonchev–Trinajstić information content (AvgIpc) is 2.54. The maximum atomic E-state index is 13.9. The molecule has 0 fully saturated rings.